The predicted octanol–water partition coefficient (Wildman–Crippen LogP) is 3.86. The van der Waals surface area contributed by atoms with Crippen LogP contribution in [0.2, 0.25) is 0 Å². The van der Waals surface area contributed by atoms with E-state index in [4.69, 9.17) is 0 Å². The van der Waals surface area contributed by atoms with Gasteiger partial charge in [-0.1, -0.05) is 58.4 Å². The number of rotatable bonds is 4. The van der Waals surface area contributed by atoms with Gasteiger partial charge in [0.05, 0.1) is 5.92 Å². The Hall–Kier alpha value is -1.61. The number of aliphatic carboxylic acids is 1. The Morgan fingerprint density at radius 2 is 1.67 bits per heavy atom. The molecule has 0 fully saturated rings. The zero-order valence-electron chi connectivity index (χ0n) is 9.71. The normalized spacial score (nSPS) is 12.1. The molecule has 3 heteroatoms. The van der Waals surface area contributed by atoms with Gasteiger partial charge in [-0.3, -0.25) is 4.79 Å². The van der Waals surface area contributed by atoms with E-state index < -0.39 is 11.9 Å². The Morgan fingerprint density at radius 3 is 2.22 bits per heavy atom. The number of carboxylic acids is 1. The third-order valence-electron chi connectivity index (χ3n) is 2.85. The van der Waals surface area contributed by atoms with E-state index in [1.165, 1.54) is 0 Å². The summed E-state index contributed by atoms with van der Waals surface area (Å²) in [5.74, 6) is -1.28. The SMILES string of the molecule is O=C(O)C(Cc1ccc(Br)cc1)c1ccccc1. The summed E-state index contributed by atoms with van der Waals surface area (Å²) >= 11 is 3.37. The van der Waals surface area contributed by atoms with Crippen molar-refractivity contribution in [1.82, 2.24) is 0 Å². The number of benzene rings is 2. The molecule has 0 saturated carbocycles. The van der Waals surface area contributed by atoms with Crippen molar-refractivity contribution >= 4 is 21.9 Å². The van der Waals surface area contributed by atoms with Crippen molar-refractivity contribution in [3.63, 3.8) is 0 Å². The molecule has 0 aromatic heterocycles. The van der Waals surface area contributed by atoms with E-state index in [2.05, 4.69) is 15.9 Å². The second-order valence-corrected chi connectivity index (χ2v) is 5.05. The van der Waals surface area contributed by atoms with E-state index in [0.29, 0.717) is 6.42 Å². The summed E-state index contributed by atoms with van der Waals surface area (Å²) in [6.45, 7) is 0. The summed E-state index contributed by atoms with van der Waals surface area (Å²) in [6.07, 6.45) is 0.507. The van der Waals surface area contributed by atoms with Crippen LogP contribution in [0.5, 0.6) is 0 Å². The van der Waals surface area contributed by atoms with Gasteiger partial charge in [0.1, 0.15) is 0 Å². The highest BCUT2D eigenvalue weighted by atomic mass is 79.9. The molecule has 0 spiro atoms. The first-order valence-electron chi connectivity index (χ1n) is 5.69. The first-order chi connectivity index (χ1) is 8.66. The quantitative estimate of drug-likeness (QED) is 0.931. The maximum atomic E-state index is 11.4. The van der Waals surface area contributed by atoms with Gasteiger partial charge in [-0.25, -0.2) is 0 Å². The highest BCUT2D eigenvalue weighted by Gasteiger charge is 2.19. The number of carbonyl (C=O) groups is 1. The van der Waals surface area contributed by atoms with E-state index in [9.17, 15) is 9.90 Å². The monoisotopic (exact) mass is 304 g/mol. The topological polar surface area (TPSA) is 37.3 Å². The molecule has 18 heavy (non-hydrogen) atoms. The molecule has 0 radical (unpaired) electrons. The van der Waals surface area contributed by atoms with Crippen LogP contribution < -0.4 is 0 Å². The molecule has 1 N–H and O–H groups in total. The van der Waals surface area contributed by atoms with Gasteiger partial charge >= 0.3 is 5.97 Å². The largest absolute Gasteiger partial charge is 0.481 e. The van der Waals surface area contributed by atoms with Gasteiger partial charge in [-0.05, 0) is 29.7 Å². The van der Waals surface area contributed by atoms with Crippen molar-refractivity contribution < 1.29 is 9.90 Å². The molecule has 1 unspecified atom stereocenters. The van der Waals surface area contributed by atoms with Gasteiger partial charge < -0.3 is 5.11 Å². The van der Waals surface area contributed by atoms with Gasteiger partial charge in [0.2, 0.25) is 0 Å². The number of hydrogen-bond acceptors (Lipinski definition) is 1. The van der Waals surface area contributed by atoms with E-state index in [1.807, 2.05) is 54.6 Å². The fourth-order valence-electron chi connectivity index (χ4n) is 1.89. The molecular formula is C15H13BrO2. The smallest absolute Gasteiger partial charge is 0.311 e. The minimum absolute atomic E-state index is 0.493. The highest BCUT2D eigenvalue weighted by Crippen LogP contribution is 2.22. The summed E-state index contributed by atoms with van der Waals surface area (Å²) in [7, 11) is 0. The van der Waals surface area contributed by atoms with Crippen LogP contribution in [0, 0.1) is 0 Å². The average Bonchev–Trinajstić information content (AvgIpc) is 2.38. The van der Waals surface area contributed by atoms with E-state index in [0.717, 1.165) is 15.6 Å². The first kappa shape index (κ1) is 12.8. The average molecular weight is 305 g/mol. The van der Waals surface area contributed by atoms with Crippen LogP contribution >= 0.6 is 15.9 Å². The standard InChI is InChI=1S/C15H13BrO2/c16-13-8-6-11(7-9-13)10-14(15(17)18)12-4-2-1-3-5-12/h1-9,14H,10H2,(H,17,18). The number of carboxylic acid groups (broad SMARTS) is 1. The maximum absolute atomic E-state index is 11.4. The predicted molar refractivity (Wildman–Crippen MR) is 74.7 cm³/mol. The van der Waals surface area contributed by atoms with Crippen LogP contribution in [0.15, 0.2) is 59.1 Å². The lowest BCUT2D eigenvalue weighted by Gasteiger charge is -2.12. The minimum Gasteiger partial charge on any atom is -0.481 e. The zero-order valence-corrected chi connectivity index (χ0v) is 11.3. The van der Waals surface area contributed by atoms with Crippen LogP contribution in [0.3, 0.4) is 0 Å². The summed E-state index contributed by atoms with van der Waals surface area (Å²) < 4.78 is 0.998. The Balaban J connectivity index is 2.22. The molecular weight excluding hydrogens is 292 g/mol. The Morgan fingerprint density at radius 1 is 1.06 bits per heavy atom. The van der Waals surface area contributed by atoms with Crippen LogP contribution in [0.25, 0.3) is 0 Å². The summed E-state index contributed by atoms with van der Waals surface area (Å²) in [6, 6.07) is 17.1. The Kier molecular flexibility index (Phi) is 4.15. The van der Waals surface area contributed by atoms with Crippen molar-refractivity contribution in [3.8, 4) is 0 Å². The Bertz CT molecular complexity index is 520. The van der Waals surface area contributed by atoms with Crippen LogP contribution in [-0.4, -0.2) is 11.1 Å². The van der Waals surface area contributed by atoms with Crippen molar-refractivity contribution in [3.05, 3.63) is 70.2 Å². The summed E-state index contributed by atoms with van der Waals surface area (Å²) in [5, 5.41) is 9.33. The molecule has 92 valence electrons. The van der Waals surface area contributed by atoms with Crippen LogP contribution in [0.1, 0.15) is 17.0 Å². The molecule has 0 aliphatic carbocycles. The van der Waals surface area contributed by atoms with Crippen molar-refractivity contribution in [1.29, 1.82) is 0 Å². The van der Waals surface area contributed by atoms with Gasteiger partial charge in [0.15, 0.2) is 0 Å². The Labute approximate surface area is 114 Å². The summed E-state index contributed by atoms with van der Waals surface area (Å²) in [5.41, 5.74) is 1.86. The molecule has 2 aromatic carbocycles. The van der Waals surface area contributed by atoms with Crippen LogP contribution in [-0.2, 0) is 11.2 Å². The van der Waals surface area contributed by atoms with E-state index >= 15 is 0 Å². The molecule has 0 saturated heterocycles. The highest BCUT2D eigenvalue weighted by molar-refractivity contribution is 9.10. The van der Waals surface area contributed by atoms with Crippen LogP contribution in [0.4, 0.5) is 0 Å². The molecule has 1 atom stereocenters. The van der Waals surface area contributed by atoms with E-state index in [1.54, 1.807) is 0 Å². The second kappa shape index (κ2) is 5.83. The van der Waals surface area contributed by atoms with Gasteiger partial charge in [-0.15, -0.1) is 0 Å². The lowest BCUT2D eigenvalue weighted by molar-refractivity contribution is -0.138. The molecule has 0 aliphatic heterocycles. The second-order valence-electron chi connectivity index (χ2n) is 4.13. The molecule has 2 aromatic rings. The lowest BCUT2D eigenvalue weighted by atomic mass is 9.92. The van der Waals surface area contributed by atoms with Gasteiger partial charge in [0.25, 0.3) is 0 Å². The van der Waals surface area contributed by atoms with Gasteiger partial charge in [0, 0.05) is 4.47 Å². The molecule has 2 rings (SSSR count). The molecule has 2 nitrogen and oxygen atoms in total. The number of halogens is 1. The van der Waals surface area contributed by atoms with Crippen molar-refractivity contribution in [2.45, 2.75) is 12.3 Å². The van der Waals surface area contributed by atoms with Crippen molar-refractivity contribution in [2.75, 3.05) is 0 Å². The first-order valence-corrected chi connectivity index (χ1v) is 6.48. The lowest BCUT2D eigenvalue weighted by Crippen LogP contribution is -2.14. The number of hydrogen-bond donors (Lipinski definition) is 1. The fourth-order valence-corrected chi connectivity index (χ4v) is 2.15. The fraction of sp³-hybridized carbons (Fsp3) is 0.133. The molecule has 0 bridgehead atoms. The zero-order chi connectivity index (χ0) is 13.0. The van der Waals surface area contributed by atoms with Crippen molar-refractivity contribution in [2.24, 2.45) is 0 Å². The third-order valence-corrected chi connectivity index (χ3v) is 3.38. The molecule has 0 amide bonds. The summed E-state index contributed by atoms with van der Waals surface area (Å²) in [4.78, 5) is 11.4. The third kappa shape index (κ3) is 3.20. The van der Waals surface area contributed by atoms with Gasteiger partial charge in [-0.2, -0.15) is 0 Å². The van der Waals surface area contributed by atoms with E-state index in [-0.39, 0.29) is 0 Å². The minimum atomic E-state index is -0.788. The molecule has 0 aliphatic rings. The maximum Gasteiger partial charge on any atom is 0.311 e. The molecule has 0 heterocycles.